The quantitative estimate of drug-likeness (QED) is 0.687. The molecule has 0 radical (unpaired) electrons. The van der Waals surface area contributed by atoms with Crippen LogP contribution in [0.2, 0.25) is 0 Å². The molecular weight excluding hydrogens is 208 g/mol. The largest absolute Gasteiger partial charge is 0.459 e. The van der Waals surface area contributed by atoms with Gasteiger partial charge in [0, 0.05) is 5.92 Å². The van der Waals surface area contributed by atoms with Gasteiger partial charge in [0.1, 0.15) is 6.10 Å². The SMILES string of the molecule is CCC(C)C(=O)O[C@@H]1C(=O)O[C@@H]2CCC[C@H]12. The van der Waals surface area contributed by atoms with Crippen molar-refractivity contribution in [3.05, 3.63) is 0 Å². The van der Waals surface area contributed by atoms with Crippen LogP contribution < -0.4 is 0 Å². The van der Waals surface area contributed by atoms with Crippen LogP contribution in [0.25, 0.3) is 0 Å². The first-order valence-electron chi connectivity index (χ1n) is 6.04. The summed E-state index contributed by atoms with van der Waals surface area (Å²) in [4.78, 5) is 23.2. The molecule has 1 unspecified atom stereocenters. The second kappa shape index (κ2) is 4.44. The monoisotopic (exact) mass is 226 g/mol. The molecule has 0 aromatic heterocycles. The van der Waals surface area contributed by atoms with E-state index >= 15 is 0 Å². The number of hydrogen-bond donors (Lipinski definition) is 0. The summed E-state index contributed by atoms with van der Waals surface area (Å²) in [6.45, 7) is 3.74. The van der Waals surface area contributed by atoms with Crippen LogP contribution in [0.1, 0.15) is 39.5 Å². The molecule has 1 aliphatic heterocycles. The van der Waals surface area contributed by atoms with Crippen molar-refractivity contribution in [1.82, 2.24) is 0 Å². The fourth-order valence-electron chi connectivity index (χ4n) is 2.38. The molecule has 1 saturated carbocycles. The minimum absolute atomic E-state index is 0.0118. The molecular formula is C12H18O4. The number of rotatable bonds is 3. The van der Waals surface area contributed by atoms with Crippen molar-refractivity contribution in [1.29, 1.82) is 0 Å². The summed E-state index contributed by atoms with van der Waals surface area (Å²) in [5, 5.41) is 0. The molecule has 4 heteroatoms. The molecule has 2 fully saturated rings. The lowest BCUT2D eigenvalue weighted by Gasteiger charge is -2.16. The number of esters is 2. The molecule has 2 aliphatic rings. The van der Waals surface area contributed by atoms with Crippen molar-refractivity contribution in [2.24, 2.45) is 11.8 Å². The van der Waals surface area contributed by atoms with Gasteiger partial charge in [-0.1, -0.05) is 13.8 Å². The fraction of sp³-hybridized carbons (Fsp3) is 0.833. The van der Waals surface area contributed by atoms with Gasteiger partial charge in [0.05, 0.1) is 5.92 Å². The summed E-state index contributed by atoms with van der Waals surface area (Å²) in [6, 6.07) is 0. The zero-order valence-electron chi connectivity index (χ0n) is 9.77. The van der Waals surface area contributed by atoms with Gasteiger partial charge in [-0.15, -0.1) is 0 Å². The first-order valence-corrected chi connectivity index (χ1v) is 6.04. The summed E-state index contributed by atoms with van der Waals surface area (Å²) in [6.07, 6.45) is 2.97. The Balaban J connectivity index is 1.98. The van der Waals surface area contributed by atoms with Gasteiger partial charge in [-0.05, 0) is 25.7 Å². The lowest BCUT2D eigenvalue weighted by Crippen LogP contribution is -2.31. The van der Waals surface area contributed by atoms with Crippen LogP contribution >= 0.6 is 0 Å². The third kappa shape index (κ3) is 1.93. The fourth-order valence-corrected chi connectivity index (χ4v) is 2.38. The Morgan fingerprint density at radius 2 is 2.31 bits per heavy atom. The van der Waals surface area contributed by atoms with Crippen molar-refractivity contribution in [2.75, 3.05) is 0 Å². The van der Waals surface area contributed by atoms with Gasteiger partial charge in [-0.25, -0.2) is 4.79 Å². The van der Waals surface area contributed by atoms with Gasteiger partial charge in [0.15, 0.2) is 0 Å². The minimum Gasteiger partial charge on any atom is -0.459 e. The van der Waals surface area contributed by atoms with E-state index < -0.39 is 6.10 Å². The molecule has 2 rings (SSSR count). The van der Waals surface area contributed by atoms with Crippen molar-refractivity contribution >= 4 is 11.9 Å². The highest BCUT2D eigenvalue weighted by atomic mass is 16.6. The molecule has 16 heavy (non-hydrogen) atoms. The second-order valence-electron chi connectivity index (χ2n) is 4.74. The van der Waals surface area contributed by atoms with E-state index in [2.05, 4.69) is 0 Å². The molecule has 0 N–H and O–H groups in total. The zero-order valence-corrected chi connectivity index (χ0v) is 9.77. The van der Waals surface area contributed by atoms with E-state index in [1.54, 1.807) is 0 Å². The number of hydrogen-bond acceptors (Lipinski definition) is 4. The molecule has 0 aromatic carbocycles. The lowest BCUT2D eigenvalue weighted by atomic mass is 10.0. The van der Waals surface area contributed by atoms with E-state index in [1.807, 2.05) is 13.8 Å². The van der Waals surface area contributed by atoms with Crippen LogP contribution in [-0.2, 0) is 19.1 Å². The van der Waals surface area contributed by atoms with Gasteiger partial charge in [0.2, 0.25) is 6.10 Å². The van der Waals surface area contributed by atoms with Crippen molar-refractivity contribution < 1.29 is 19.1 Å². The molecule has 0 aromatic rings. The molecule has 0 bridgehead atoms. The van der Waals surface area contributed by atoms with Crippen LogP contribution in [0, 0.1) is 11.8 Å². The smallest absolute Gasteiger partial charge is 0.348 e. The Morgan fingerprint density at radius 3 is 3.00 bits per heavy atom. The maximum Gasteiger partial charge on any atom is 0.348 e. The topological polar surface area (TPSA) is 52.6 Å². The molecule has 1 heterocycles. The van der Waals surface area contributed by atoms with Crippen LogP contribution in [0.4, 0.5) is 0 Å². The normalized spacial score (nSPS) is 34.4. The predicted octanol–water partition coefficient (Wildman–Crippen LogP) is 1.67. The van der Waals surface area contributed by atoms with E-state index in [4.69, 9.17) is 9.47 Å². The Hall–Kier alpha value is -1.06. The van der Waals surface area contributed by atoms with Crippen LogP contribution in [0.3, 0.4) is 0 Å². The third-order valence-corrected chi connectivity index (χ3v) is 3.65. The average Bonchev–Trinajstić information content (AvgIpc) is 2.81. The molecule has 4 nitrogen and oxygen atoms in total. The Labute approximate surface area is 95.3 Å². The third-order valence-electron chi connectivity index (χ3n) is 3.65. The summed E-state index contributed by atoms with van der Waals surface area (Å²) in [7, 11) is 0. The summed E-state index contributed by atoms with van der Waals surface area (Å²) in [5.74, 6) is -0.683. The molecule has 0 spiro atoms. The standard InChI is InChI=1S/C12H18O4/c1-3-7(2)11(13)16-10-8-5-4-6-9(8)15-12(10)14/h7-10H,3-6H2,1-2H3/t7?,8-,9+,10-/m0/s1. The highest BCUT2D eigenvalue weighted by Crippen LogP contribution is 2.38. The highest BCUT2D eigenvalue weighted by molar-refractivity contribution is 5.82. The lowest BCUT2D eigenvalue weighted by molar-refractivity contribution is -0.165. The number of fused-ring (bicyclic) bond motifs is 1. The molecule has 0 amide bonds. The number of ether oxygens (including phenoxy) is 2. The average molecular weight is 226 g/mol. The Kier molecular flexibility index (Phi) is 3.17. The summed E-state index contributed by atoms with van der Waals surface area (Å²) in [5.41, 5.74) is 0. The summed E-state index contributed by atoms with van der Waals surface area (Å²) >= 11 is 0. The van der Waals surface area contributed by atoms with Gasteiger partial charge in [-0.3, -0.25) is 4.79 Å². The van der Waals surface area contributed by atoms with Gasteiger partial charge in [-0.2, -0.15) is 0 Å². The van der Waals surface area contributed by atoms with Crippen LogP contribution in [0.5, 0.6) is 0 Å². The molecule has 4 atom stereocenters. The van der Waals surface area contributed by atoms with E-state index in [1.165, 1.54) is 0 Å². The molecule has 1 saturated heterocycles. The first kappa shape index (κ1) is 11.4. The van der Waals surface area contributed by atoms with Crippen molar-refractivity contribution in [3.63, 3.8) is 0 Å². The Morgan fingerprint density at radius 1 is 1.56 bits per heavy atom. The van der Waals surface area contributed by atoms with Gasteiger partial charge < -0.3 is 9.47 Å². The minimum atomic E-state index is -0.644. The molecule has 1 aliphatic carbocycles. The van der Waals surface area contributed by atoms with E-state index in [0.29, 0.717) is 0 Å². The number of carbonyl (C=O) groups is 2. The van der Waals surface area contributed by atoms with Crippen LogP contribution in [-0.4, -0.2) is 24.1 Å². The van der Waals surface area contributed by atoms with Crippen molar-refractivity contribution in [2.45, 2.75) is 51.7 Å². The first-order chi connectivity index (χ1) is 7.63. The van der Waals surface area contributed by atoms with Crippen molar-refractivity contribution in [3.8, 4) is 0 Å². The number of carbonyl (C=O) groups excluding carboxylic acids is 2. The maximum atomic E-state index is 11.6. The second-order valence-corrected chi connectivity index (χ2v) is 4.74. The van der Waals surface area contributed by atoms with Gasteiger partial charge in [0.25, 0.3) is 0 Å². The van der Waals surface area contributed by atoms with E-state index in [-0.39, 0.29) is 29.9 Å². The maximum absolute atomic E-state index is 11.6. The van der Waals surface area contributed by atoms with E-state index in [9.17, 15) is 9.59 Å². The highest BCUT2D eigenvalue weighted by Gasteiger charge is 2.49. The van der Waals surface area contributed by atoms with Gasteiger partial charge >= 0.3 is 11.9 Å². The Bertz CT molecular complexity index is 299. The molecule has 90 valence electrons. The van der Waals surface area contributed by atoms with E-state index in [0.717, 1.165) is 25.7 Å². The summed E-state index contributed by atoms with van der Waals surface area (Å²) < 4.78 is 10.5. The predicted molar refractivity (Wildman–Crippen MR) is 56.6 cm³/mol. The zero-order chi connectivity index (χ0) is 11.7. The van der Waals surface area contributed by atoms with Crippen LogP contribution in [0.15, 0.2) is 0 Å².